The Morgan fingerprint density at radius 3 is 2.45 bits per heavy atom. The summed E-state index contributed by atoms with van der Waals surface area (Å²) in [6.45, 7) is 8.07. The van der Waals surface area contributed by atoms with Gasteiger partial charge in [0, 0.05) is 58.9 Å². The summed E-state index contributed by atoms with van der Waals surface area (Å²) in [7, 11) is 1.52. The fourth-order valence-electron chi connectivity index (χ4n) is 5.81. The predicted octanol–water partition coefficient (Wildman–Crippen LogP) is 5.64. The number of aromatic nitrogens is 2. The van der Waals surface area contributed by atoms with E-state index in [1.54, 1.807) is 34.1 Å². The minimum Gasteiger partial charge on any atom is -0.383 e. The van der Waals surface area contributed by atoms with E-state index in [4.69, 9.17) is 16.3 Å². The van der Waals surface area contributed by atoms with Crippen molar-refractivity contribution in [1.82, 2.24) is 14.5 Å². The van der Waals surface area contributed by atoms with Gasteiger partial charge in [-0.3, -0.25) is 9.36 Å². The average molecular weight is 593 g/mol. The molecule has 212 valence electrons. The van der Waals surface area contributed by atoms with Crippen molar-refractivity contribution >= 4 is 46.0 Å². The maximum absolute atomic E-state index is 14.7. The van der Waals surface area contributed by atoms with Crippen molar-refractivity contribution in [1.29, 1.82) is 0 Å². The van der Waals surface area contributed by atoms with Crippen LogP contribution in [0.3, 0.4) is 0 Å². The van der Waals surface area contributed by atoms with E-state index in [0.29, 0.717) is 39.8 Å². The number of rotatable bonds is 5. The number of carbonyl (C=O) groups is 1. The van der Waals surface area contributed by atoms with Crippen LogP contribution in [0.2, 0.25) is 5.02 Å². The van der Waals surface area contributed by atoms with Crippen LogP contribution in [0.15, 0.2) is 52.7 Å². The number of halogens is 4. The minimum atomic E-state index is -4.68. The Morgan fingerprint density at radius 2 is 1.88 bits per heavy atom. The second-order valence-corrected chi connectivity index (χ2v) is 11.6. The number of hydrogen-bond donors (Lipinski definition) is 0. The van der Waals surface area contributed by atoms with Crippen LogP contribution < -0.4 is 10.6 Å². The van der Waals surface area contributed by atoms with Crippen LogP contribution in [-0.4, -0.2) is 65.0 Å². The largest absolute Gasteiger partial charge is 0.417 e. The first-order valence-corrected chi connectivity index (χ1v) is 14.1. The maximum Gasteiger partial charge on any atom is 0.417 e. The molecule has 1 amide bonds. The van der Waals surface area contributed by atoms with Gasteiger partial charge in [0.25, 0.3) is 0 Å². The summed E-state index contributed by atoms with van der Waals surface area (Å²) in [5, 5.41) is 0.635. The molecule has 0 bridgehead atoms. The molecule has 5 rings (SSSR count). The van der Waals surface area contributed by atoms with Gasteiger partial charge in [-0.2, -0.15) is 18.2 Å². The quantitative estimate of drug-likeness (QED) is 0.357. The van der Waals surface area contributed by atoms with Crippen molar-refractivity contribution in [3.05, 3.63) is 64.1 Å². The number of piperazine rings is 1. The Labute approximate surface area is 238 Å². The molecule has 2 aromatic carbocycles. The van der Waals surface area contributed by atoms with E-state index < -0.39 is 23.5 Å². The van der Waals surface area contributed by atoms with E-state index in [-0.39, 0.29) is 41.4 Å². The van der Waals surface area contributed by atoms with E-state index in [1.165, 1.54) is 29.5 Å². The molecule has 3 aromatic rings. The standard InChI is InChI=1S/C28H28ClF3N4O3S/c1-5-22(37)35-15(2)11-34(12-16(35)3)26-20-10-21(28(30,31)32)23(17-6-8-18(29)9-7-17)25-24(20)36(27(38)33-26)19(13-39-4)14-40-25/h5-10,15-16,19H,1,11-14H2,2-4H3/t15-,16+,19-/m0/s1. The third kappa shape index (κ3) is 4.88. The number of alkyl halides is 3. The first kappa shape index (κ1) is 28.5. The zero-order chi connectivity index (χ0) is 28.9. The first-order valence-electron chi connectivity index (χ1n) is 12.7. The summed E-state index contributed by atoms with van der Waals surface area (Å²) >= 11 is 7.32. The number of amides is 1. The van der Waals surface area contributed by atoms with Crippen molar-refractivity contribution in [3.63, 3.8) is 0 Å². The van der Waals surface area contributed by atoms with Crippen LogP contribution in [0.5, 0.6) is 0 Å². The van der Waals surface area contributed by atoms with Gasteiger partial charge in [-0.15, -0.1) is 11.8 Å². The highest BCUT2D eigenvalue weighted by molar-refractivity contribution is 7.99. The van der Waals surface area contributed by atoms with Gasteiger partial charge in [0.05, 0.1) is 23.7 Å². The fraction of sp³-hybridized carbons (Fsp3) is 0.393. The second kappa shape index (κ2) is 10.8. The normalized spacial score (nSPS) is 21.1. The highest BCUT2D eigenvalue weighted by Gasteiger charge is 2.40. The number of ether oxygens (including phenoxy) is 1. The molecule has 0 unspecified atom stereocenters. The molecule has 2 aliphatic rings. The van der Waals surface area contributed by atoms with E-state index in [0.717, 1.165) is 6.07 Å². The van der Waals surface area contributed by atoms with Crippen LogP contribution in [0.4, 0.5) is 19.0 Å². The smallest absolute Gasteiger partial charge is 0.383 e. The van der Waals surface area contributed by atoms with Crippen molar-refractivity contribution in [2.24, 2.45) is 0 Å². The molecule has 3 heterocycles. The molecule has 0 N–H and O–H groups in total. The minimum absolute atomic E-state index is 0.00553. The van der Waals surface area contributed by atoms with Gasteiger partial charge in [-0.25, -0.2) is 4.79 Å². The Balaban J connectivity index is 1.81. The van der Waals surface area contributed by atoms with Gasteiger partial charge >= 0.3 is 11.9 Å². The lowest BCUT2D eigenvalue weighted by molar-refractivity contribution is -0.137. The van der Waals surface area contributed by atoms with Gasteiger partial charge in [0.15, 0.2) is 0 Å². The number of benzene rings is 2. The highest BCUT2D eigenvalue weighted by atomic mass is 35.5. The summed E-state index contributed by atoms with van der Waals surface area (Å²) in [6, 6.07) is 6.34. The lowest BCUT2D eigenvalue weighted by atomic mass is 9.95. The maximum atomic E-state index is 14.7. The SMILES string of the molecule is C=CC(=O)N1[C@H](C)CN(c2nc(=O)n3c4c(c(-c5ccc(Cl)cc5)c(C(F)(F)F)cc24)SC[C@@H]3COC)C[C@@H]1C. The second-order valence-electron chi connectivity index (χ2n) is 10.1. The van der Waals surface area contributed by atoms with Crippen LogP contribution in [0.1, 0.15) is 25.5 Å². The summed E-state index contributed by atoms with van der Waals surface area (Å²) in [4.78, 5) is 34.3. The topological polar surface area (TPSA) is 67.7 Å². The number of thioether (sulfide) groups is 1. The number of hydrogen-bond acceptors (Lipinski definition) is 6. The summed E-state index contributed by atoms with van der Waals surface area (Å²) in [5.74, 6) is 0.291. The lowest BCUT2D eigenvalue weighted by Crippen LogP contribution is -2.58. The van der Waals surface area contributed by atoms with Crippen LogP contribution in [0, 0.1) is 0 Å². The molecule has 1 aromatic heterocycles. The number of methoxy groups -OCH3 is 1. The highest BCUT2D eigenvalue weighted by Crippen LogP contribution is 2.50. The van der Waals surface area contributed by atoms with E-state index in [1.807, 2.05) is 13.8 Å². The Kier molecular flexibility index (Phi) is 7.66. The monoisotopic (exact) mass is 592 g/mol. The summed E-state index contributed by atoms with van der Waals surface area (Å²) in [6.07, 6.45) is -3.44. The zero-order valence-electron chi connectivity index (χ0n) is 22.2. The lowest BCUT2D eigenvalue weighted by Gasteiger charge is -2.45. The number of anilines is 1. The molecule has 1 saturated heterocycles. The van der Waals surface area contributed by atoms with Gasteiger partial charge in [0.2, 0.25) is 5.91 Å². The average Bonchev–Trinajstić information content (AvgIpc) is 2.90. The third-order valence-corrected chi connectivity index (χ3v) is 8.86. The molecule has 12 heteroatoms. The first-order chi connectivity index (χ1) is 19.0. The van der Waals surface area contributed by atoms with Gasteiger partial charge in [-0.1, -0.05) is 30.3 Å². The fourth-order valence-corrected chi connectivity index (χ4v) is 7.26. The Bertz CT molecular complexity index is 1530. The molecule has 0 radical (unpaired) electrons. The molecule has 1 fully saturated rings. The predicted molar refractivity (Wildman–Crippen MR) is 151 cm³/mol. The van der Waals surface area contributed by atoms with Crippen molar-refractivity contribution in [2.45, 2.75) is 43.0 Å². The van der Waals surface area contributed by atoms with Crippen molar-refractivity contribution in [3.8, 4) is 11.1 Å². The molecule has 0 aliphatic carbocycles. The zero-order valence-corrected chi connectivity index (χ0v) is 23.7. The van der Waals surface area contributed by atoms with Crippen LogP contribution in [-0.2, 0) is 15.7 Å². The molecule has 0 spiro atoms. The van der Waals surface area contributed by atoms with Crippen LogP contribution >= 0.6 is 23.4 Å². The Hall–Kier alpha value is -3.02. The van der Waals surface area contributed by atoms with Gasteiger partial charge in [-0.05, 0) is 43.7 Å². The molecule has 7 nitrogen and oxygen atoms in total. The Morgan fingerprint density at radius 1 is 1.23 bits per heavy atom. The van der Waals surface area contributed by atoms with Gasteiger partial charge < -0.3 is 14.5 Å². The molecule has 3 atom stereocenters. The molecular formula is C28H28ClF3N4O3S. The molecule has 2 aliphatic heterocycles. The number of carbonyl (C=O) groups excluding carboxylic acids is 1. The van der Waals surface area contributed by atoms with Crippen molar-refractivity contribution in [2.75, 3.05) is 37.5 Å². The molecular weight excluding hydrogens is 565 g/mol. The van der Waals surface area contributed by atoms with Gasteiger partial charge in [0.1, 0.15) is 5.82 Å². The van der Waals surface area contributed by atoms with E-state index >= 15 is 0 Å². The van der Waals surface area contributed by atoms with Crippen LogP contribution in [0.25, 0.3) is 22.0 Å². The summed E-state index contributed by atoms with van der Waals surface area (Å²) < 4.78 is 51.0. The third-order valence-electron chi connectivity index (χ3n) is 7.37. The van der Waals surface area contributed by atoms with E-state index in [9.17, 15) is 22.8 Å². The number of nitrogens with zero attached hydrogens (tertiary/aromatic N) is 4. The molecule has 0 saturated carbocycles. The molecule has 40 heavy (non-hydrogen) atoms. The summed E-state index contributed by atoms with van der Waals surface area (Å²) in [5.41, 5.74) is -0.618. The van der Waals surface area contributed by atoms with Crippen molar-refractivity contribution < 1.29 is 22.7 Å². The van der Waals surface area contributed by atoms with E-state index in [2.05, 4.69) is 11.6 Å².